The van der Waals surface area contributed by atoms with Gasteiger partial charge in [0.15, 0.2) is 0 Å². The first kappa shape index (κ1) is 17.2. The molecule has 26 heavy (non-hydrogen) atoms. The Morgan fingerprint density at radius 2 is 1.96 bits per heavy atom. The fraction of sp³-hybridized carbons (Fsp3) is 0.105. The van der Waals surface area contributed by atoms with E-state index in [4.69, 9.17) is 9.15 Å². The molecule has 3 rings (SSSR count). The highest BCUT2D eigenvalue weighted by atomic mass is 16.6. The van der Waals surface area contributed by atoms with Crippen LogP contribution in [-0.2, 0) is 0 Å². The lowest BCUT2D eigenvalue weighted by molar-refractivity contribution is -0.385. The number of carbonyl (C=O) groups is 1. The van der Waals surface area contributed by atoms with Crippen LogP contribution in [0, 0.1) is 17.0 Å². The van der Waals surface area contributed by atoms with Crippen LogP contribution in [0.3, 0.4) is 0 Å². The Labute approximate surface area is 149 Å². The summed E-state index contributed by atoms with van der Waals surface area (Å²) in [5.41, 5.74) is 1.77. The zero-order valence-electron chi connectivity index (χ0n) is 14.2. The van der Waals surface area contributed by atoms with Crippen molar-refractivity contribution in [3.8, 4) is 17.1 Å². The van der Waals surface area contributed by atoms with Gasteiger partial charge in [-0.1, -0.05) is 18.2 Å². The molecule has 2 aromatic carbocycles. The Hall–Kier alpha value is -3.61. The SMILES string of the molecule is COc1cc([N+](=O)[O-])c(C)cc1NC(=O)c1ccccc1-c1ccco1. The summed E-state index contributed by atoms with van der Waals surface area (Å²) in [5, 5.41) is 13.8. The quantitative estimate of drug-likeness (QED) is 0.541. The molecule has 1 aromatic heterocycles. The van der Waals surface area contributed by atoms with Crippen molar-refractivity contribution in [3.63, 3.8) is 0 Å². The molecule has 0 atom stereocenters. The van der Waals surface area contributed by atoms with E-state index in [1.54, 1.807) is 37.3 Å². The molecule has 0 fully saturated rings. The first-order valence-electron chi connectivity index (χ1n) is 7.78. The Morgan fingerprint density at radius 1 is 1.19 bits per heavy atom. The van der Waals surface area contributed by atoms with Gasteiger partial charge in [0, 0.05) is 11.1 Å². The zero-order valence-corrected chi connectivity index (χ0v) is 14.2. The first-order chi connectivity index (χ1) is 12.5. The molecule has 0 saturated carbocycles. The number of nitrogens with zero attached hydrogens (tertiary/aromatic N) is 1. The van der Waals surface area contributed by atoms with Gasteiger partial charge >= 0.3 is 0 Å². The molecule has 0 spiro atoms. The molecule has 7 heteroatoms. The number of furan rings is 1. The van der Waals surface area contributed by atoms with E-state index >= 15 is 0 Å². The highest BCUT2D eigenvalue weighted by molar-refractivity contribution is 6.09. The van der Waals surface area contributed by atoms with Crippen molar-refractivity contribution in [2.45, 2.75) is 6.92 Å². The van der Waals surface area contributed by atoms with Gasteiger partial charge in [0.25, 0.3) is 11.6 Å². The molecule has 3 aromatic rings. The average molecular weight is 352 g/mol. The number of anilines is 1. The summed E-state index contributed by atoms with van der Waals surface area (Å²) in [5.74, 6) is 0.414. The van der Waals surface area contributed by atoms with Crippen molar-refractivity contribution in [2.24, 2.45) is 0 Å². The lowest BCUT2D eigenvalue weighted by atomic mass is 10.0. The van der Waals surface area contributed by atoms with Crippen LogP contribution in [-0.4, -0.2) is 17.9 Å². The predicted molar refractivity (Wildman–Crippen MR) is 96.5 cm³/mol. The molecular weight excluding hydrogens is 336 g/mol. The Morgan fingerprint density at radius 3 is 2.62 bits per heavy atom. The second-order valence-corrected chi connectivity index (χ2v) is 5.57. The number of methoxy groups -OCH3 is 1. The molecule has 1 amide bonds. The number of rotatable bonds is 5. The van der Waals surface area contributed by atoms with Crippen molar-refractivity contribution in [3.05, 3.63) is 76.0 Å². The van der Waals surface area contributed by atoms with Gasteiger partial charge in [-0.3, -0.25) is 14.9 Å². The number of hydrogen-bond acceptors (Lipinski definition) is 5. The van der Waals surface area contributed by atoms with Gasteiger partial charge in [0.05, 0.1) is 35.6 Å². The van der Waals surface area contributed by atoms with Crippen LogP contribution in [0.2, 0.25) is 0 Å². The first-order valence-corrected chi connectivity index (χ1v) is 7.78. The monoisotopic (exact) mass is 352 g/mol. The second kappa shape index (κ2) is 7.10. The molecule has 7 nitrogen and oxygen atoms in total. The van der Waals surface area contributed by atoms with E-state index in [-0.39, 0.29) is 17.3 Å². The Balaban J connectivity index is 1.97. The van der Waals surface area contributed by atoms with Crippen LogP contribution in [0.1, 0.15) is 15.9 Å². The highest BCUT2D eigenvalue weighted by Gasteiger charge is 2.19. The van der Waals surface area contributed by atoms with E-state index < -0.39 is 4.92 Å². The number of benzene rings is 2. The maximum Gasteiger partial charge on any atom is 0.276 e. The van der Waals surface area contributed by atoms with Gasteiger partial charge in [-0.2, -0.15) is 0 Å². The van der Waals surface area contributed by atoms with Crippen molar-refractivity contribution >= 4 is 17.3 Å². The van der Waals surface area contributed by atoms with Crippen LogP contribution in [0.15, 0.2) is 59.2 Å². The Bertz CT molecular complexity index is 964. The number of nitrogens with one attached hydrogen (secondary N) is 1. The van der Waals surface area contributed by atoms with Crippen LogP contribution in [0.25, 0.3) is 11.3 Å². The van der Waals surface area contributed by atoms with Gasteiger partial charge in [0.2, 0.25) is 0 Å². The van der Waals surface area contributed by atoms with Gasteiger partial charge in [-0.25, -0.2) is 0 Å². The predicted octanol–water partition coefficient (Wildman–Crippen LogP) is 4.42. The fourth-order valence-corrected chi connectivity index (χ4v) is 2.66. The second-order valence-electron chi connectivity index (χ2n) is 5.57. The maximum absolute atomic E-state index is 12.8. The van der Waals surface area contributed by atoms with E-state index in [0.717, 1.165) is 0 Å². The third kappa shape index (κ3) is 3.27. The minimum absolute atomic E-state index is 0.0733. The van der Waals surface area contributed by atoms with Crippen molar-refractivity contribution < 1.29 is 18.9 Å². The number of nitro benzene ring substituents is 1. The van der Waals surface area contributed by atoms with E-state index in [2.05, 4.69) is 5.32 Å². The average Bonchev–Trinajstić information content (AvgIpc) is 3.16. The van der Waals surface area contributed by atoms with Gasteiger partial charge in [-0.15, -0.1) is 0 Å². The zero-order chi connectivity index (χ0) is 18.7. The fourth-order valence-electron chi connectivity index (χ4n) is 2.66. The summed E-state index contributed by atoms with van der Waals surface area (Å²) in [6.45, 7) is 1.60. The number of hydrogen-bond donors (Lipinski definition) is 1. The van der Waals surface area contributed by atoms with Crippen LogP contribution in [0.4, 0.5) is 11.4 Å². The molecule has 0 aliphatic rings. The lowest BCUT2D eigenvalue weighted by Gasteiger charge is -2.13. The highest BCUT2D eigenvalue weighted by Crippen LogP contribution is 2.33. The van der Waals surface area contributed by atoms with Crippen LogP contribution < -0.4 is 10.1 Å². The molecule has 0 aliphatic heterocycles. The summed E-state index contributed by atoms with van der Waals surface area (Å²) in [6.07, 6.45) is 1.53. The van der Waals surface area contributed by atoms with Crippen LogP contribution >= 0.6 is 0 Å². The van der Waals surface area contributed by atoms with Gasteiger partial charge < -0.3 is 14.5 Å². The number of nitro groups is 1. The molecule has 0 bridgehead atoms. The van der Waals surface area contributed by atoms with Crippen molar-refractivity contribution in [2.75, 3.05) is 12.4 Å². The van der Waals surface area contributed by atoms with E-state index in [9.17, 15) is 14.9 Å². The third-order valence-electron chi connectivity index (χ3n) is 3.92. The van der Waals surface area contributed by atoms with E-state index in [1.165, 1.54) is 25.5 Å². The molecule has 0 saturated heterocycles. The van der Waals surface area contributed by atoms with E-state index in [1.807, 2.05) is 6.07 Å². The summed E-state index contributed by atoms with van der Waals surface area (Å²) in [6, 6.07) is 13.3. The maximum atomic E-state index is 12.8. The summed E-state index contributed by atoms with van der Waals surface area (Å²) >= 11 is 0. The Kier molecular flexibility index (Phi) is 4.70. The standard InChI is InChI=1S/C19H16N2O5/c1-12-10-15(18(25-2)11-16(12)21(23)24)20-19(22)14-7-4-3-6-13(14)17-8-5-9-26-17/h3-11H,1-2H3,(H,20,22). The smallest absolute Gasteiger partial charge is 0.276 e. The van der Waals surface area contributed by atoms with Crippen LogP contribution in [0.5, 0.6) is 5.75 Å². The van der Waals surface area contributed by atoms with E-state index in [0.29, 0.717) is 28.1 Å². The molecule has 132 valence electrons. The summed E-state index contributed by atoms with van der Waals surface area (Å²) in [7, 11) is 1.39. The molecular formula is C19H16N2O5. The normalized spacial score (nSPS) is 10.4. The molecule has 0 unspecified atom stereocenters. The largest absolute Gasteiger partial charge is 0.494 e. The van der Waals surface area contributed by atoms with Crippen molar-refractivity contribution in [1.82, 2.24) is 0 Å². The summed E-state index contributed by atoms with van der Waals surface area (Å²) < 4.78 is 10.6. The minimum Gasteiger partial charge on any atom is -0.494 e. The number of amides is 1. The number of aryl methyl sites for hydroxylation is 1. The molecule has 1 heterocycles. The van der Waals surface area contributed by atoms with Gasteiger partial charge in [-0.05, 0) is 31.2 Å². The number of ether oxygens (including phenoxy) is 1. The molecule has 0 aliphatic carbocycles. The lowest BCUT2D eigenvalue weighted by Crippen LogP contribution is -2.14. The van der Waals surface area contributed by atoms with Gasteiger partial charge in [0.1, 0.15) is 11.5 Å². The number of carbonyl (C=O) groups excluding carboxylic acids is 1. The molecule has 1 N–H and O–H groups in total. The third-order valence-corrected chi connectivity index (χ3v) is 3.92. The summed E-state index contributed by atoms with van der Waals surface area (Å²) in [4.78, 5) is 23.4. The molecule has 0 radical (unpaired) electrons. The minimum atomic E-state index is -0.490. The van der Waals surface area contributed by atoms with Crippen molar-refractivity contribution in [1.29, 1.82) is 0 Å². The topological polar surface area (TPSA) is 94.6 Å².